The third-order valence-corrected chi connectivity index (χ3v) is 6.74. The topological polar surface area (TPSA) is 70.9 Å². The minimum atomic E-state index is -3.45. The van der Waals surface area contributed by atoms with Crippen LogP contribution in [0.25, 0.3) is 0 Å². The number of benzene rings is 2. The molecule has 26 heavy (non-hydrogen) atoms. The molecule has 1 amide bonds. The molecule has 0 unspecified atom stereocenters. The average Bonchev–Trinajstić information content (AvgIpc) is 2.63. The number of nitrogens with one attached hydrogen (secondary N) is 2. The van der Waals surface area contributed by atoms with Gasteiger partial charge in [0.2, 0.25) is 10.0 Å². The molecule has 138 valence electrons. The molecule has 2 N–H and O–H groups in total. The first-order valence-electron chi connectivity index (χ1n) is 8.39. The van der Waals surface area contributed by atoms with Crippen LogP contribution in [0.15, 0.2) is 64.0 Å². The highest BCUT2D eigenvalue weighted by Crippen LogP contribution is 2.16. The van der Waals surface area contributed by atoms with E-state index < -0.39 is 10.0 Å². The zero-order valence-corrected chi connectivity index (χ0v) is 16.6. The summed E-state index contributed by atoms with van der Waals surface area (Å²) in [5.74, 6) is -0.0718. The van der Waals surface area contributed by atoms with Gasteiger partial charge >= 0.3 is 0 Å². The quantitative estimate of drug-likeness (QED) is 0.730. The van der Waals surface area contributed by atoms with E-state index in [1.807, 2.05) is 24.3 Å². The number of rotatable bonds is 5. The molecule has 1 saturated heterocycles. The van der Waals surface area contributed by atoms with Crippen LogP contribution in [0.3, 0.4) is 0 Å². The van der Waals surface area contributed by atoms with Crippen molar-refractivity contribution < 1.29 is 18.1 Å². The van der Waals surface area contributed by atoms with Crippen molar-refractivity contribution in [1.82, 2.24) is 4.31 Å². The Morgan fingerprint density at radius 2 is 1.77 bits per heavy atom. The summed E-state index contributed by atoms with van der Waals surface area (Å²) >= 11 is 3.38. The van der Waals surface area contributed by atoms with Gasteiger partial charge in [0.1, 0.15) is 0 Å². The van der Waals surface area contributed by atoms with Crippen LogP contribution in [0, 0.1) is 0 Å². The van der Waals surface area contributed by atoms with Gasteiger partial charge in [-0.3, -0.25) is 4.79 Å². The molecule has 1 fully saturated rings. The maximum Gasteiger partial charge on any atom is 0.279 e. The van der Waals surface area contributed by atoms with Gasteiger partial charge in [-0.05, 0) is 30.3 Å². The fourth-order valence-electron chi connectivity index (χ4n) is 2.96. The standard InChI is InChI=1S/C18H20BrN3O3S/c19-15-5-4-6-16(13-15)20-18(23)14-21-9-11-22(12-10-21)26(24,25)17-7-2-1-3-8-17/h1-8,13H,9-12,14H2,(H,20,23)/p+1. The van der Waals surface area contributed by atoms with Crippen molar-refractivity contribution in [3.63, 3.8) is 0 Å². The van der Waals surface area contributed by atoms with Gasteiger partial charge in [-0.1, -0.05) is 40.2 Å². The Bertz CT molecular complexity index is 866. The van der Waals surface area contributed by atoms with Crippen LogP contribution >= 0.6 is 15.9 Å². The number of nitrogens with zero attached hydrogens (tertiary/aromatic N) is 1. The first-order valence-corrected chi connectivity index (χ1v) is 10.6. The third kappa shape index (κ3) is 4.70. The highest BCUT2D eigenvalue weighted by Gasteiger charge is 2.30. The number of carbonyl (C=O) groups excluding carboxylic acids is 1. The van der Waals surface area contributed by atoms with Crippen molar-refractivity contribution in [3.05, 3.63) is 59.1 Å². The van der Waals surface area contributed by atoms with Crippen LogP contribution in [-0.4, -0.2) is 51.4 Å². The van der Waals surface area contributed by atoms with Gasteiger partial charge in [-0.2, -0.15) is 4.31 Å². The Kier molecular flexibility index (Phi) is 6.08. The smallest absolute Gasteiger partial charge is 0.279 e. The summed E-state index contributed by atoms with van der Waals surface area (Å²) in [4.78, 5) is 13.6. The van der Waals surface area contributed by atoms with Gasteiger partial charge in [0.15, 0.2) is 6.54 Å². The third-order valence-electron chi connectivity index (χ3n) is 4.33. The summed E-state index contributed by atoms with van der Waals surface area (Å²) < 4.78 is 27.6. The number of hydrogen-bond donors (Lipinski definition) is 2. The summed E-state index contributed by atoms with van der Waals surface area (Å²) in [6, 6.07) is 15.9. The van der Waals surface area contributed by atoms with Crippen LogP contribution in [0.5, 0.6) is 0 Å². The second-order valence-electron chi connectivity index (χ2n) is 6.20. The molecule has 0 saturated carbocycles. The van der Waals surface area contributed by atoms with Gasteiger partial charge in [0, 0.05) is 10.2 Å². The van der Waals surface area contributed by atoms with E-state index in [0.717, 1.165) is 15.1 Å². The molecular weight excluding hydrogens is 418 g/mol. The number of hydrogen-bond acceptors (Lipinski definition) is 3. The molecule has 6 nitrogen and oxygen atoms in total. The van der Waals surface area contributed by atoms with E-state index in [0.29, 0.717) is 37.6 Å². The molecule has 3 rings (SSSR count). The average molecular weight is 439 g/mol. The van der Waals surface area contributed by atoms with Crippen LogP contribution in [0.1, 0.15) is 0 Å². The van der Waals surface area contributed by atoms with Crippen molar-refractivity contribution in [2.45, 2.75) is 4.90 Å². The Balaban J connectivity index is 1.53. The Hall–Kier alpha value is -1.74. The van der Waals surface area contributed by atoms with Crippen LogP contribution in [0.2, 0.25) is 0 Å². The van der Waals surface area contributed by atoms with E-state index in [-0.39, 0.29) is 5.91 Å². The Morgan fingerprint density at radius 1 is 1.08 bits per heavy atom. The Labute approximate surface area is 162 Å². The molecule has 0 bridgehead atoms. The SMILES string of the molecule is O=C(C[NH+]1CCN(S(=O)(=O)c2ccccc2)CC1)Nc1cccc(Br)c1. The molecule has 1 heterocycles. The minimum Gasteiger partial charge on any atom is -0.325 e. The van der Waals surface area contributed by atoms with E-state index in [1.165, 1.54) is 4.31 Å². The van der Waals surface area contributed by atoms with Gasteiger partial charge in [-0.25, -0.2) is 8.42 Å². The van der Waals surface area contributed by atoms with Crippen molar-refractivity contribution >= 4 is 37.5 Å². The van der Waals surface area contributed by atoms with Crippen molar-refractivity contribution in [1.29, 1.82) is 0 Å². The summed E-state index contributed by atoms with van der Waals surface area (Å²) in [7, 11) is -3.45. The van der Waals surface area contributed by atoms with E-state index >= 15 is 0 Å². The van der Waals surface area contributed by atoms with Crippen LogP contribution in [0.4, 0.5) is 5.69 Å². The monoisotopic (exact) mass is 438 g/mol. The maximum atomic E-state index is 12.6. The van der Waals surface area contributed by atoms with E-state index in [4.69, 9.17) is 0 Å². The fraction of sp³-hybridized carbons (Fsp3) is 0.278. The second kappa shape index (κ2) is 8.30. The lowest BCUT2D eigenvalue weighted by atomic mass is 10.3. The predicted octanol–water partition coefficient (Wildman–Crippen LogP) is 0.977. The highest BCUT2D eigenvalue weighted by atomic mass is 79.9. The summed E-state index contributed by atoms with van der Waals surface area (Å²) in [6.07, 6.45) is 0. The summed E-state index contributed by atoms with van der Waals surface area (Å²) in [5, 5.41) is 2.88. The molecule has 0 aromatic heterocycles. The van der Waals surface area contributed by atoms with Gasteiger partial charge < -0.3 is 10.2 Å². The number of piperazine rings is 1. The normalized spacial score (nSPS) is 16.3. The maximum absolute atomic E-state index is 12.6. The van der Waals surface area contributed by atoms with Crippen LogP contribution < -0.4 is 10.2 Å². The largest absolute Gasteiger partial charge is 0.325 e. The molecule has 0 radical (unpaired) electrons. The first kappa shape index (κ1) is 19.0. The number of carbonyl (C=O) groups is 1. The molecule has 0 atom stereocenters. The molecule has 0 spiro atoms. The Morgan fingerprint density at radius 3 is 2.42 bits per heavy atom. The highest BCUT2D eigenvalue weighted by molar-refractivity contribution is 9.10. The van der Waals surface area contributed by atoms with Gasteiger partial charge in [0.25, 0.3) is 5.91 Å². The van der Waals surface area contributed by atoms with E-state index in [1.54, 1.807) is 30.3 Å². The fourth-order valence-corrected chi connectivity index (χ4v) is 4.82. The second-order valence-corrected chi connectivity index (χ2v) is 9.06. The van der Waals surface area contributed by atoms with Crippen LogP contribution in [-0.2, 0) is 14.8 Å². The zero-order chi connectivity index (χ0) is 18.6. The van der Waals surface area contributed by atoms with Gasteiger partial charge in [0.05, 0.1) is 31.1 Å². The molecule has 0 aliphatic carbocycles. The van der Waals surface area contributed by atoms with E-state index in [2.05, 4.69) is 21.2 Å². The number of quaternary nitrogens is 1. The molecule has 2 aromatic rings. The molecule has 8 heteroatoms. The summed E-state index contributed by atoms with van der Waals surface area (Å²) in [5.41, 5.74) is 0.745. The molecular formula is C18H21BrN3O3S+. The van der Waals surface area contributed by atoms with Crippen molar-refractivity contribution in [3.8, 4) is 0 Å². The lowest BCUT2D eigenvalue weighted by Crippen LogP contribution is -3.15. The zero-order valence-electron chi connectivity index (χ0n) is 14.2. The van der Waals surface area contributed by atoms with Crippen molar-refractivity contribution in [2.75, 3.05) is 38.0 Å². The molecule has 2 aromatic carbocycles. The summed E-state index contributed by atoms with van der Waals surface area (Å²) in [6.45, 7) is 2.37. The number of sulfonamides is 1. The van der Waals surface area contributed by atoms with Crippen molar-refractivity contribution in [2.24, 2.45) is 0 Å². The number of anilines is 1. The lowest BCUT2D eigenvalue weighted by molar-refractivity contribution is -0.895. The lowest BCUT2D eigenvalue weighted by Gasteiger charge is -2.31. The minimum absolute atomic E-state index is 0.0718. The predicted molar refractivity (Wildman–Crippen MR) is 104 cm³/mol. The first-order chi connectivity index (χ1) is 12.4. The number of amides is 1. The molecule has 1 aliphatic rings. The number of halogens is 1. The molecule has 1 aliphatic heterocycles. The van der Waals surface area contributed by atoms with Gasteiger partial charge in [-0.15, -0.1) is 0 Å². The van der Waals surface area contributed by atoms with E-state index in [9.17, 15) is 13.2 Å².